The van der Waals surface area contributed by atoms with Crippen LogP contribution >= 0.6 is 27.5 Å². The van der Waals surface area contributed by atoms with Gasteiger partial charge in [0.25, 0.3) is 0 Å². The maximum atomic E-state index is 11.1. The molecule has 0 saturated heterocycles. The zero-order valence-corrected chi connectivity index (χ0v) is 9.85. The van der Waals surface area contributed by atoms with E-state index < -0.39 is 5.97 Å². The van der Waals surface area contributed by atoms with Gasteiger partial charge in [0.1, 0.15) is 0 Å². The van der Waals surface area contributed by atoms with Crippen molar-refractivity contribution in [3.05, 3.63) is 21.3 Å². The third-order valence-electron chi connectivity index (χ3n) is 1.47. The van der Waals surface area contributed by atoms with Gasteiger partial charge in [-0.3, -0.25) is 0 Å². The summed E-state index contributed by atoms with van der Waals surface area (Å²) < 4.78 is 9.92. The Morgan fingerprint density at radius 1 is 1.57 bits per heavy atom. The number of ether oxygens (including phenoxy) is 2. The predicted molar refractivity (Wildman–Crippen MR) is 54.8 cm³/mol. The molecule has 0 amide bonds. The first-order valence-corrected chi connectivity index (χ1v) is 4.75. The molecule has 0 aromatic carbocycles. The molecule has 14 heavy (non-hydrogen) atoms. The fourth-order valence-corrected chi connectivity index (χ4v) is 1.37. The molecular formula is C8H7BrClNO3. The van der Waals surface area contributed by atoms with Crippen LogP contribution in [0.4, 0.5) is 0 Å². The van der Waals surface area contributed by atoms with E-state index in [1.54, 1.807) is 0 Å². The summed E-state index contributed by atoms with van der Waals surface area (Å²) in [6.45, 7) is 0. The summed E-state index contributed by atoms with van der Waals surface area (Å²) in [5.41, 5.74) is 0.109. The number of pyridine rings is 1. The van der Waals surface area contributed by atoms with Gasteiger partial charge in [-0.25, -0.2) is 9.78 Å². The summed E-state index contributed by atoms with van der Waals surface area (Å²) in [4.78, 5) is 15.0. The van der Waals surface area contributed by atoms with Gasteiger partial charge in [-0.15, -0.1) is 0 Å². The van der Waals surface area contributed by atoms with Crippen molar-refractivity contribution in [3.63, 3.8) is 0 Å². The average Bonchev–Trinajstić information content (AvgIpc) is 2.20. The Hall–Kier alpha value is -0.810. The zero-order valence-electron chi connectivity index (χ0n) is 7.51. The molecule has 0 bridgehead atoms. The molecule has 0 radical (unpaired) electrons. The maximum absolute atomic E-state index is 11.1. The van der Waals surface area contributed by atoms with Crippen LogP contribution in [0, 0.1) is 0 Å². The second-order valence-corrected chi connectivity index (χ2v) is 3.50. The molecule has 0 aliphatic carbocycles. The molecule has 0 unspecified atom stereocenters. The van der Waals surface area contributed by atoms with E-state index in [4.69, 9.17) is 16.3 Å². The molecule has 1 rings (SSSR count). The molecule has 1 aromatic heterocycles. The Morgan fingerprint density at radius 2 is 2.21 bits per heavy atom. The van der Waals surface area contributed by atoms with E-state index in [9.17, 15) is 4.79 Å². The minimum atomic E-state index is -0.558. The number of esters is 1. The van der Waals surface area contributed by atoms with Crippen molar-refractivity contribution in [2.75, 3.05) is 14.2 Å². The highest BCUT2D eigenvalue weighted by molar-refractivity contribution is 9.10. The van der Waals surface area contributed by atoms with E-state index in [-0.39, 0.29) is 11.6 Å². The second kappa shape index (κ2) is 4.61. The van der Waals surface area contributed by atoms with E-state index in [1.165, 1.54) is 20.3 Å². The lowest BCUT2D eigenvalue weighted by Gasteiger charge is -2.05. The molecule has 1 aromatic rings. The highest BCUT2D eigenvalue weighted by atomic mass is 79.9. The Labute approximate surface area is 94.3 Å². The number of hydrogen-bond acceptors (Lipinski definition) is 4. The summed E-state index contributed by atoms with van der Waals surface area (Å²) in [7, 11) is 2.71. The van der Waals surface area contributed by atoms with Crippen molar-refractivity contribution in [2.24, 2.45) is 0 Å². The highest BCUT2D eigenvalue weighted by Crippen LogP contribution is 2.31. The van der Waals surface area contributed by atoms with Crippen molar-refractivity contribution >= 4 is 33.5 Å². The number of hydrogen-bond donors (Lipinski definition) is 0. The average molecular weight is 281 g/mol. The standard InChI is InChI=1S/C8H7BrClNO3/c1-13-7-6(9)4(10)3-5(11-7)8(12)14-2/h3H,1-2H3. The number of nitrogens with zero attached hydrogens (tertiary/aromatic N) is 1. The molecule has 0 saturated carbocycles. The van der Waals surface area contributed by atoms with Crippen LogP contribution < -0.4 is 4.74 Å². The van der Waals surface area contributed by atoms with E-state index in [2.05, 4.69) is 25.7 Å². The molecular weight excluding hydrogens is 273 g/mol. The fourth-order valence-electron chi connectivity index (χ4n) is 0.821. The lowest BCUT2D eigenvalue weighted by molar-refractivity contribution is 0.0593. The van der Waals surface area contributed by atoms with Crippen LogP contribution in [0.2, 0.25) is 5.02 Å². The third-order valence-corrected chi connectivity index (χ3v) is 2.76. The van der Waals surface area contributed by atoms with Crippen molar-refractivity contribution < 1.29 is 14.3 Å². The lowest BCUT2D eigenvalue weighted by atomic mass is 10.3. The van der Waals surface area contributed by atoms with Crippen molar-refractivity contribution in [1.29, 1.82) is 0 Å². The van der Waals surface area contributed by atoms with Gasteiger partial charge < -0.3 is 9.47 Å². The number of rotatable bonds is 2. The summed E-state index contributed by atoms with van der Waals surface area (Å²) in [6, 6.07) is 1.40. The van der Waals surface area contributed by atoms with Gasteiger partial charge in [0.15, 0.2) is 5.69 Å². The van der Waals surface area contributed by atoms with Gasteiger partial charge in [0.05, 0.1) is 23.7 Å². The van der Waals surface area contributed by atoms with Crippen LogP contribution in [0.3, 0.4) is 0 Å². The summed E-state index contributed by atoms with van der Waals surface area (Å²) in [6.07, 6.45) is 0. The molecule has 0 aliphatic heterocycles. The van der Waals surface area contributed by atoms with Gasteiger partial charge in [0, 0.05) is 0 Å². The number of methoxy groups -OCH3 is 2. The van der Waals surface area contributed by atoms with Gasteiger partial charge >= 0.3 is 5.97 Å². The number of halogens is 2. The predicted octanol–water partition coefficient (Wildman–Crippen LogP) is 2.29. The fraction of sp³-hybridized carbons (Fsp3) is 0.250. The van der Waals surface area contributed by atoms with E-state index in [0.717, 1.165) is 0 Å². The van der Waals surface area contributed by atoms with Gasteiger partial charge in [0.2, 0.25) is 5.88 Å². The highest BCUT2D eigenvalue weighted by Gasteiger charge is 2.14. The maximum Gasteiger partial charge on any atom is 0.356 e. The number of carbonyl (C=O) groups excluding carboxylic acids is 1. The topological polar surface area (TPSA) is 48.4 Å². The minimum absolute atomic E-state index is 0.109. The molecule has 0 aliphatic rings. The minimum Gasteiger partial charge on any atom is -0.480 e. The van der Waals surface area contributed by atoms with Crippen molar-refractivity contribution in [3.8, 4) is 5.88 Å². The van der Waals surface area contributed by atoms with Crippen LogP contribution in [0.25, 0.3) is 0 Å². The third kappa shape index (κ3) is 2.16. The molecule has 0 fully saturated rings. The largest absolute Gasteiger partial charge is 0.480 e. The van der Waals surface area contributed by atoms with Gasteiger partial charge in [-0.05, 0) is 22.0 Å². The Balaban J connectivity index is 3.22. The molecule has 0 N–H and O–H groups in total. The molecule has 1 heterocycles. The van der Waals surface area contributed by atoms with E-state index in [1.807, 2.05) is 0 Å². The molecule has 4 nitrogen and oxygen atoms in total. The number of aromatic nitrogens is 1. The Kier molecular flexibility index (Phi) is 3.71. The second-order valence-electron chi connectivity index (χ2n) is 2.30. The molecule has 0 atom stereocenters. The quantitative estimate of drug-likeness (QED) is 0.780. The van der Waals surface area contributed by atoms with Crippen LogP contribution in [0.15, 0.2) is 10.5 Å². The van der Waals surface area contributed by atoms with Crippen LogP contribution in [0.5, 0.6) is 5.88 Å². The van der Waals surface area contributed by atoms with Crippen LogP contribution in [-0.2, 0) is 4.74 Å². The lowest BCUT2D eigenvalue weighted by Crippen LogP contribution is -2.05. The van der Waals surface area contributed by atoms with Crippen LogP contribution in [0.1, 0.15) is 10.5 Å². The molecule has 76 valence electrons. The van der Waals surface area contributed by atoms with Gasteiger partial charge in [-0.1, -0.05) is 11.6 Å². The van der Waals surface area contributed by atoms with Gasteiger partial charge in [-0.2, -0.15) is 0 Å². The first-order chi connectivity index (χ1) is 6.60. The van der Waals surface area contributed by atoms with E-state index >= 15 is 0 Å². The normalized spacial score (nSPS) is 9.71. The van der Waals surface area contributed by atoms with Crippen molar-refractivity contribution in [2.45, 2.75) is 0 Å². The summed E-state index contributed by atoms with van der Waals surface area (Å²) in [5, 5.41) is 0.345. The van der Waals surface area contributed by atoms with E-state index in [0.29, 0.717) is 9.50 Å². The summed E-state index contributed by atoms with van der Waals surface area (Å²) >= 11 is 9.00. The number of carbonyl (C=O) groups is 1. The first kappa shape index (κ1) is 11.3. The zero-order chi connectivity index (χ0) is 10.7. The Morgan fingerprint density at radius 3 is 2.71 bits per heavy atom. The summed E-state index contributed by atoms with van der Waals surface area (Å²) in [5.74, 6) is -0.310. The molecule has 6 heteroatoms. The van der Waals surface area contributed by atoms with Crippen molar-refractivity contribution in [1.82, 2.24) is 4.98 Å². The smallest absolute Gasteiger partial charge is 0.356 e. The molecule has 0 spiro atoms. The first-order valence-electron chi connectivity index (χ1n) is 3.58. The SMILES string of the molecule is COC(=O)c1cc(Cl)c(Br)c(OC)n1. The Bertz CT molecular complexity index is 370. The monoisotopic (exact) mass is 279 g/mol. The van der Waals surface area contributed by atoms with Crippen LogP contribution in [-0.4, -0.2) is 25.2 Å².